The highest BCUT2D eigenvalue weighted by atomic mass is 16.6. The molecule has 1 aromatic carbocycles. The van der Waals surface area contributed by atoms with E-state index < -0.39 is 0 Å². The highest BCUT2D eigenvalue weighted by Crippen LogP contribution is 2.34. The van der Waals surface area contributed by atoms with Gasteiger partial charge in [0.1, 0.15) is 24.7 Å². The monoisotopic (exact) mass is 358 g/mol. The van der Waals surface area contributed by atoms with Crippen LogP contribution in [0.25, 0.3) is 0 Å². The second-order valence-corrected chi connectivity index (χ2v) is 6.89. The molecule has 1 unspecified atom stereocenters. The summed E-state index contributed by atoms with van der Waals surface area (Å²) in [5.41, 5.74) is 1.98. The number of furan rings is 1. The molecule has 3 rings (SSSR count). The molecule has 26 heavy (non-hydrogen) atoms. The Morgan fingerprint density at radius 1 is 1.12 bits per heavy atom. The van der Waals surface area contributed by atoms with E-state index in [0.29, 0.717) is 19.8 Å². The van der Waals surface area contributed by atoms with E-state index in [0.717, 1.165) is 34.1 Å². The minimum Gasteiger partial charge on any atom is -0.486 e. The van der Waals surface area contributed by atoms with Crippen molar-refractivity contribution in [3.63, 3.8) is 0 Å². The highest BCUT2D eigenvalue weighted by Gasteiger charge is 2.21. The van der Waals surface area contributed by atoms with Gasteiger partial charge in [-0.2, -0.15) is 0 Å². The normalized spacial score (nSPS) is 14.2. The maximum atomic E-state index is 12.4. The quantitative estimate of drug-likeness (QED) is 0.851. The zero-order valence-electron chi connectivity index (χ0n) is 15.7. The number of carbonyl (C=O) groups excluding carboxylic acids is 1. The Bertz CT molecular complexity index is 782. The van der Waals surface area contributed by atoms with Crippen LogP contribution in [0.4, 0.5) is 4.79 Å². The largest absolute Gasteiger partial charge is 0.486 e. The number of hydrogen-bond acceptors (Lipinski definition) is 4. The lowest BCUT2D eigenvalue weighted by Gasteiger charge is -2.25. The predicted molar refractivity (Wildman–Crippen MR) is 98.6 cm³/mol. The molecule has 0 radical (unpaired) electrons. The predicted octanol–water partition coefficient (Wildman–Crippen LogP) is 3.86. The third-order valence-corrected chi connectivity index (χ3v) is 4.46. The summed E-state index contributed by atoms with van der Waals surface area (Å²) in [6, 6.07) is 7.42. The lowest BCUT2D eigenvalue weighted by molar-refractivity contribution is 0.171. The molecule has 140 valence electrons. The first-order valence-corrected chi connectivity index (χ1v) is 8.94. The number of aryl methyl sites for hydroxylation is 2. The first kappa shape index (κ1) is 18.2. The van der Waals surface area contributed by atoms with Gasteiger partial charge in [0.2, 0.25) is 0 Å². The van der Waals surface area contributed by atoms with Crippen LogP contribution in [0.2, 0.25) is 0 Å². The van der Waals surface area contributed by atoms with E-state index in [1.165, 1.54) is 0 Å². The summed E-state index contributed by atoms with van der Waals surface area (Å²) in [6.45, 7) is 9.48. The summed E-state index contributed by atoms with van der Waals surface area (Å²) >= 11 is 0. The highest BCUT2D eigenvalue weighted by molar-refractivity contribution is 5.74. The van der Waals surface area contributed by atoms with Crippen LogP contribution in [-0.4, -0.2) is 19.2 Å². The van der Waals surface area contributed by atoms with Gasteiger partial charge in [0.15, 0.2) is 11.5 Å². The summed E-state index contributed by atoms with van der Waals surface area (Å²) in [7, 11) is 0. The molecule has 6 nitrogen and oxygen atoms in total. The fraction of sp³-hybridized carbons (Fsp3) is 0.450. The molecule has 1 aliphatic rings. The van der Waals surface area contributed by atoms with Crippen LogP contribution in [0.15, 0.2) is 28.7 Å². The number of urea groups is 1. The van der Waals surface area contributed by atoms with Gasteiger partial charge in [0.05, 0.1) is 6.04 Å². The van der Waals surface area contributed by atoms with Crippen molar-refractivity contribution >= 4 is 6.03 Å². The molecule has 1 aromatic heterocycles. The first-order valence-electron chi connectivity index (χ1n) is 8.94. The molecular weight excluding hydrogens is 332 g/mol. The van der Waals surface area contributed by atoms with Crippen molar-refractivity contribution < 1.29 is 18.7 Å². The van der Waals surface area contributed by atoms with Crippen molar-refractivity contribution in [1.29, 1.82) is 0 Å². The number of ether oxygens (including phenoxy) is 2. The second kappa shape index (κ2) is 7.72. The number of carbonyl (C=O) groups is 1. The van der Waals surface area contributed by atoms with Crippen molar-refractivity contribution in [3.8, 4) is 11.5 Å². The van der Waals surface area contributed by atoms with Crippen molar-refractivity contribution in [2.24, 2.45) is 5.92 Å². The minimum absolute atomic E-state index is 0.127. The molecular formula is C20H26N2O4. The smallest absolute Gasteiger partial charge is 0.315 e. The number of benzene rings is 1. The SMILES string of the molecule is Cc1cc(CNC(=O)NC(c2ccc3c(c2)OCCO3)C(C)C)c(C)o1. The van der Waals surface area contributed by atoms with Gasteiger partial charge < -0.3 is 24.5 Å². The fourth-order valence-corrected chi connectivity index (χ4v) is 3.12. The first-order chi connectivity index (χ1) is 12.4. The van der Waals surface area contributed by atoms with Gasteiger partial charge in [-0.25, -0.2) is 4.79 Å². The van der Waals surface area contributed by atoms with E-state index in [9.17, 15) is 4.79 Å². The Hall–Kier alpha value is -2.63. The van der Waals surface area contributed by atoms with Crippen molar-refractivity contribution in [3.05, 3.63) is 46.9 Å². The Kier molecular flexibility index (Phi) is 5.40. The average Bonchev–Trinajstić information content (AvgIpc) is 2.94. The van der Waals surface area contributed by atoms with Gasteiger partial charge in [-0.15, -0.1) is 0 Å². The van der Waals surface area contributed by atoms with E-state index in [4.69, 9.17) is 13.9 Å². The van der Waals surface area contributed by atoms with E-state index in [-0.39, 0.29) is 18.0 Å². The van der Waals surface area contributed by atoms with E-state index in [2.05, 4.69) is 24.5 Å². The molecule has 0 aliphatic carbocycles. The van der Waals surface area contributed by atoms with Crippen LogP contribution in [0, 0.1) is 19.8 Å². The summed E-state index contributed by atoms with van der Waals surface area (Å²) in [5, 5.41) is 5.96. The summed E-state index contributed by atoms with van der Waals surface area (Å²) in [6.07, 6.45) is 0. The number of nitrogens with one attached hydrogen (secondary N) is 2. The topological polar surface area (TPSA) is 72.7 Å². The molecule has 1 atom stereocenters. The zero-order chi connectivity index (χ0) is 18.7. The minimum atomic E-state index is -0.211. The molecule has 0 saturated heterocycles. The van der Waals surface area contributed by atoms with E-state index in [1.807, 2.05) is 38.1 Å². The van der Waals surface area contributed by atoms with Crippen LogP contribution in [-0.2, 0) is 6.54 Å². The summed E-state index contributed by atoms with van der Waals surface area (Å²) < 4.78 is 16.7. The molecule has 0 saturated carbocycles. The average molecular weight is 358 g/mol. The van der Waals surface area contributed by atoms with Crippen LogP contribution in [0.3, 0.4) is 0 Å². The molecule has 0 spiro atoms. The van der Waals surface area contributed by atoms with Gasteiger partial charge >= 0.3 is 6.03 Å². The Morgan fingerprint density at radius 2 is 1.85 bits per heavy atom. The van der Waals surface area contributed by atoms with Gasteiger partial charge in [0.25, 0.3) is 0 Å². The Labute approximate surface area is 153 Å². The Balaban J connectivity index is 1.66. The molecule has 0 fully saturated rings. The molecule has 2 heterocycles. The fourth-order valence-electron chi connectivity index (χ4n) is 3.12. The molecule has 2 aromatic rings. The summed E-state index contributed by atoms with van der Waals surface area (Å²) in [5.74, 6) is 3.37. The number of rotatable bonds is 5. The molecule has 1 aliphatic heterocycles. The van der Waals surface area contributed by atoms with Crippen LogP contribution in [0.5, 0.6) is 11.5 Å². The summed E-state index contributed by atoms with van der Waals surface area (Å²) in [4.78, 5) is 12.4. The Morgan fingerprint density at radius 3 is 2.50 bits per heavy atom. The molecule has 6 heteroatoms. The van der Waals surface area contributed by atoms with E-state index in [1.54, 1.807) is 0 Å². The lowest BCUT2D eigenvalue weighted by atomic mass is 9.95. The molecule has 0 bridgehead atoms. The van der Waals surface area contributed by atoms with Gasteiger partial charge in [-0.05, 0) is 43.5 Å². The van der Waals surface area contributed by atoms with Crippen LogP contribution in [0.1, 0.15) is 42.5 Å². The second-order valence-electron chi connectivity index (χ2n) is 6.89. The van der Waals surface area contributed by atoms with Gasteiger partial charge in [-0.3, -0.25) is 0 Å². The third kappa shape index (κ3) is 4.12. The number of hydrogen-bond donors (Lipinski definition) is 2. The van der Waals surface area contributed by atoms with Crippen LogP contribution < -0.4 is 20.1 Å². The van der Waals surface area contributed by atoms with Gasteiger partial charge in [-0.1, -0.05) is 19.9 Å². The zero-order valence-corrected chi connectivity index (χ0v) is 15.7. The maximum Gasteiger partial charge on any atom is 0.315 e. The van der Waals surface area contributed by atoms with Crippen molar-refractivity contribution in [1.82, 2.24) is 10.6 Å². The standard InChI is InChI=1S/C20H26N2O4/c1-12(2)19(15-5-6-17-18(10-15)25-8-7-24-17)22-20(23)21-11-16-9-13(3)26-14(16)4/h5-6,9-10,12,19H,7-8,11H2,1-4H3,(H2,21,22,23). The third-order valence-electron chi connectivity index (χ3n) is 4.46. The van der Waals surface area contributed by atoms with Crippen LogP contribution >= 0.6 is 0 Å². The lowest BCUT2D eigenvalue weighted by Crippen LogP contribution is -2.39. The number of fused-ring (bicyclic) bond motifs is 1. The maximum absolute atomic E-state index is 12.4. The van der Waals surface area contributed by atoms with Crippen molar-refractivity contribution in [2.75, 3.05) is 13.2 Å². The molecule has 2 N–H and O–H groups in total. The van der Waals surface area contributed by atoms with E-state index >= 15 is 0 Å². The van der Waals surface area contributed by atoms with Crippen molar-refractivity contribution in [2.45, 2.75) is 40.3 Å². The number of amides is 2. The molecule has 2 amide bonds. The van der Waals surface area contributed by atoms with Gasteiger partial charge in [0, 0.05) is 12.1 Å².